The molecule has 3 rings (SSSR count). The molecule has 7 nitrogen and oxygen atoms in total. The minimum atomic E-state index is -5.06. The number of alkyl halides is 6. The van der Waals surface area contributed by atoms with Gasteiger partial charge in [-0.05, 0) is 35.9 Å². The SMILES string of the molecule is O=c1cc(C(F)(F)F)nc(Nc2ccc(C(F)(F)F)cc2[N+](=O)[O-])n1Cc1cc(Cl)cc(Cl)c1. The largest absolute Gasteiger partial charge is 0.433 e. The van der Waals surface area contributed by atoms with E-state index >= 15 is 0 Å². The van der Waals surface area contributed by atoms with E-state index < -0.39 is 58.0 Å². The van der Waals surface area contributed by atoms with E-state index in [2.05, 4.69) is 10.3 Å². The highest BCUT2D eigenvalue weighted by atomic mass is 35.5. The van der Waals surface area contributed by atoms with Gasteiger partial charge in [-0.15, -0.1) is 0 Å². The molecular weight excluding hydrogens is 517 g/mol. The van der Waals surface area contributed by atoms with Crippen molar-refractivity contribution in [3.05, 3.63) is 89.8 Å². The number of hydrogen-bond acceptors (Lipinski definition) is 5. The summed E-state index contributed by atoms with van der Waals surface area (Å²) in [5, 5.41) is 13.8. The van der Waals surface area contributed by atoms with E-state index in [4.69, 9.17) is 23.2 Å². The lowest BCUT2D eigenvalue weighted by atomic mass is 10.1. The predicted molar refractivity (Wildman–Crippen MR) is 110 cm³/mol. The summed E-state index contributed by atoms with van der Waals surface area (Å²) in [5.74, 6) is -0.807. The lowest BCUT2D eigenvalue weighted by molar-refractivity contribution is -0.384. The van der Waals surface area contributed by atoms with Gasteiger partial charge in [0.25, 0.3) is 11.2 Å². The number of rotatable bonds is 5. The zero-order chi connectivity index (χ0) is 25.4. The Morgan fingerprint density at radius 3 is 2.12 bits per heavy atom. The van der Waals surface area contributed by atoms with Crippen LogP contribution in [0.4, 0.5) is 43.7 Å². The van der Waals surface area contributed by atoms with Crippen LogP contribution in [0.5, 0.6) is 0 Å². The molecule has 0 radical (unpaired) electrons. The first kappa shape index (κ1) is 25.3. The van der Waals surface area contributed by atoms with Crippen LogP contribution in [0.15, 0.2) is 47.3 Å². The van der Waals surface area contributed by atoms with Crippen LogP contribution in [0, 0.1) is 10.1 Å². The van der Waals surface area contributed by atoms with Gasteiger partial charge in [-0.2, -0.15) is 26.3 Å². The third-order valence-electron chi connectivity index (χ3n) is 4.33. The van der Waals surface area contributed by atoms with Crippen molar-refractivity contribution in [2.45, 2.75) is 18.9 Å². The first-order valence-corrected chi connectivity index (χ1v) is 9.67. The van der Waals surface area contributed by atoms with Gasteiger partial charge in [0.05, 0.1) is 17.0 Å². The zero-order valence-corrected chi connectivity index (χ0v) is 17.9. The predicted octanol–water partition coefficient (Wildman–Crippen LogP) is 6.29. The standard InChI is InChI=1S/C19H10Cl2F6N4O3/c20-11-3-9(4-12(21)6-11)8-30-16(32)7-15(19(25,26)27)29-17(30)28-13-2-1-10(18(22,23)24)5-14(13)31(33)34/h1-7H,8H2,(H,28,29). The van der Waals surface area contributed by atoms with Gasteiger partial charge in [0.2, 0.25) is 5.95 Å². The average molecular weight is 527 g/mol. The molecule has 0 saturated heterocycles. The van der Waals surface area contributed by atoms with Gasteiger partial charge in [0, 0.05) is 22.2 Å². The van der Waals surface area contributed by atoms with Crippen LogP contribution in [0.1, 0.15) is 16.8 Å². The number of halogens is 8. The molecule has 0 aliphatic rings. The fraction of sp³-hybridized carbons (Fsp3) is 0.158. The highest BCUT2D eigenvalue weighted by Crippen LogP contribution is 2.36. The van der Waals surface area contributed by atoms with Crippen LogP contribution in [-0.2, 0) is 18.9 Å². The molecule has 2 aromatic carbocycles. The third-order valence-corrected chi connectivity index (χ3v) is 4.77. The molecule has 180 valence electrons. The molecule has 3 aromatic rings. The molecular formula is C19H10Cl2F6N4O3. The topological polar surface area (TPSA) is 90.1 Å². The summed E-state index contributed by atoms with van der Waals surface area (Å²) in [4.78, 5) is 26.0. The Kier molecular flexibility index (Phi) is 6.80. The lowest BCUT2D eigenvalue weighted by Crippen LogP contribution is -2.27. The molecule has 0 amide bonds. The molecule has 0 aliphatic carbocycles. The Morgan fingerprint density at radius 2 is 1.59 bits per heavy atom. The van der Waals surface area contributed by atoms with Gasteiger partial charge in [-0.3, -0.25) is 19.5 Å². The summed E-state index contributed by atoms with van der Waals surface area (Å²) < 4.78 is 79.3. The number of aromatic nitrogens is 2. The van der Waals surface area contributed by atoms with Crippen LogP contribution < -0.4 is 10.9 Å². The summed E-state index contributed by atoms with van der Waals surface area (Å²) in [7, 11) is 0. The number of nitro benzene ring substituents is 1. The fourth-order valence-electron chi connectivity index (χ4n) is 2.87. The van der Waals surface area contributed by atoms with E-state index in [9.17, 15) is 41.3 Å². The Bertz CT molecular complexity index is 1300. The molecule has 0 saturated carbocycles. The summed E-state index contributed by atoms with van der Waals surface area (Å²) in [6, 6.07) is 5.64. The van der Waals surface area contributed by atoms with E-state index in [0.717, 1.165) is 0 Å². The van der Waals surface area contributed by atoms with E-state index in [1.807, 2.05) is 0 Å². The molecule has 0 bridgehead atoms. The zero-order valence-electron chi connectivity index (χ0n) is 16.3. The van der Waals surface area contributed by atoms with E-state index in [1.54, 1.807) is 0 Å². The maximum Gasteiger partial charge on any atom is 0.433 e. The first-order valence-electron chi connectivity index (χ1n) is 8.92. The lowest BCUT2D eigenvalue weighted by Gasteiger charge is -2.17. The number of anilines is 2. The monoisotopic (exact) mass is 526 g/mol. The highest BCUT2D eigenvalue weighted by molar-refractivity contribution is 6.34. The maximum atomic E-state index is 13.2. The number of nitro groups is 1. The Labute approximate surface area is 195 Å². The maximum absolute atomic E-state index is 13.2. The Morgan fingerprint density at radius 1 is 0.971 bits per heavy atom. The van der Waals surface area contributed by atoms with Crippen molar-refractivity contribution in [2.75, 3.05) is 5.32 Å². The van der Waals surface area contributed by atoms with Crippen molar-refractivity contribution in [2.24, 2.45) is 0 Å². The highest BCUT2D eigenvalue weighted by Gasteiger charge is 2.35. The number of hydrogen-bond donors (Lipinski definition) is 1. The van der Waals surface area contributed by atoms with Gasteiger partial charge in [-0.1, -0.05) is 23.2 Å². The molecule has 0 unspecified atom stereocenters. The van der Waals surface area contributed by atoms with Crippen molar-refractivity contribution >= 4 is 40.5 Å². The molecule has 0 aliphatic heterocycles. The number of benzene rings is 2. The third kappa shape index (κ3) is 5.78. The van der Waals surface area contributed by atoms with Crippen LogP contribution >= 0.6 is 23.2 Å². The van der Waals surface area contributed by atoms with E-state index in [1.165, 1.54) is 18.2 Å². The second kappa shape index (κ2) is 9.14. The smallest absolute Gasteiger partial charge is 0.320 e. The Hall–Kier alpha value is -3.32. The molecule has 0 fully saturated rings. The second-order valence-corrected chi connectivity index (χ2v) is 7.65. The van der Waals surface area contributed by atoms with Gasteiger partial charge < -0.3 is 5.32 Å². The van der Waals surface area contributed by atoms with Crippen LogP contribution in [-0.4, -0.2) is 14.5 Å². The van der Waals surface area contributed by atoms with Gasteiger partial charge in [0.15, 0.2) is 5.69 Å². The molecule has 1 heterocycles. The van der Waals surface area contributed by atoms with E-state index in [0.29, 0.717) is 16.7 Å². The minimum Gasteiger partial charge on any atom is -0.320 e. The first-order chi connectivity index (χ1) is 15.6. The van der Waals surface area contributed by atoms with Crippen LogP contribution in [0.25, 0.3) is 0 Å². The molecule has 15 heteroatoms. The summed E-state index contributed by atoms with van der Waals surface area (Å²) in [5.41, 5.74) is -5.62. The van der Waals surface area contributed by atoms with Gasteiger partial charge in [0.1, 0.15) is 5.69 Å². The van der Waals surface area contributed by atoms with Gasteiger partial charge >= 0.3 is 12.4 Å². The quantitative estimate of drug-likeness (QED) is 0.240. The van der Waals surface area contributed by atoms with E-state index in [-0.39, 0.29) is 27.7 Å². The van der Waals surface area contributed by atoms with Gasteiger partial charge in [-0.25, -0.2) is 4.98 Å². The summed E-state index contributed by atoms with van der Waals surface area (Å²) in [6.07, 6.45) is -9.97. The molecule has 34 heavy (non-hydrogen) atoms. The van der Waals surface area contributed by atoms with Crippen molar-refractivity contribution in [1.82, 2.24) is 9.55 Å². The second-order valence-electron chi connectivity index (χ2n) is 6.78. The van der Waals surface area contributed by atoms with Crippen molar-refractivity contribution < 1.29 is 31.3 Å². The molecule has 1 N–H and O–H groups in total. The Balaban J connectivity index is 2.17. The van der Waals surface area contributed by atoms with Crippen LogP contribution in [0.2, 0.25) is 10.0 Å². The van der Waals surface area contributed by atoms with Crippen molar-refractivity contribution in [1.29, 1.82) is 0 Å². The number of nitrogens with one attached hydrogen (secondary N) is 1. The minimum absolute atomic E-state index is 0.156. The normalized spacial score (nSPS) is 12.0. The molecule has 1 aromatic heterocycles. The summed E-state index contributed by atoms with van der Waals surface area (Å²) >= 11 is 11.8. The van der Waals surface area contributed by atoms with Crippen LogP contribution in [0.3, 0.4) is 0 Å². The van der Waals surface area contributed by atoms with Crippen molar-refractivity contribution in [3.63, 3.8) is 0 Å². The molecule has 0 spiro atoms. The average Bonchev–Trinajstić information content (AvgIpc) is 2.68. The van der Waals surface area contributed by atoms with Crippen molar-refractivity contribution in [3.8, 4) is 0 Å². The molecule has 0 atom stereocenters. The summed E-state index contributed by atoms with van der Waals surface area (Å²) in [6.45, 7) is -0.416. The number of nitrogens with zero attached hydrogens (tertiary/aromatic N) is 3. The fourth-order valence-corrected chi connectivity index (χ4v) is 3.44.